The number of amides is 3. The Morgan fingerprint density at radius 1 is 0.971 bits per heavy atom. The zero-order valence-corrected chi connectivity index (χ0v) is 21.2. The van der Waals surface area contributed by atoms with Crippen LogP contribution < -0.4 is 10.2 Å². The van der Waals surface area contributed by atoms with Gasteiger partial charge in [0.2, 0.25) is 5.91 Å². The molecule has 8 heteroatoms. The predicted molar refractivity (Wildman–Crippen MR) is 138 cm³/mol. The van der Waals surface area contributed by atoms with Crippen LogP contribution in [0.25, 0.3) is 0 Å². The molecule has 0 aromatic heterocycles. The van der Waals surface area contributed by atoms with Crippen LogP contribution in [0, 0.1) is 6.92 Å². The number of aryl methyl sites for hydroxylation is 1. The quantitative estimate of drug-likeness (QED) is 0.626. The van der Waals surface area contributed by atoms with Gasteiger partial charge in [-0.25, -0.2) is 0 Å². The molecule has 3 amide bonds. The number of hydrogen-bond acceptors (Lipinski definition) is 5. The van der Waals surface area contributed by atoms with E-state index in [0.29, 0.717) is 49.5 Å². The van der Waals surface area contributed by atoms with Crippen molar-refractivity contribution < 1.29 is 19.1 Å². The minimum Gasteiger partial charge on any atom is -0.375 e. The highest BCUT2D eigenvalue weighted by atomic mass is 16.5. The summed E-state index contributed by atoms with van der Waals surface area (Å²) < 4.78 is 4.90. The lowest BCUT2D eigenvalue weighted by atomic mass is 10.1. The summed E-state index contributed by atoms with van der Waals surface area (Å²) in [6.07, 6.45) is 0.794. The van der Waals surface area contributed by atoms with Crippen LogP contribution in [-0.2, 0) is 9.53 Å². The highest BCUT2D eigenvalue weighted by Gasteiger charge is 2.25. The van der Waals surface area contributed by atoms with Crippen molar-refractivity contribution in [1.82, 2.24) is 9.80 Å². The number of nitrogens with one attached hydrogen (secondary N) is 1. The van der Waals surface area contributed by atoms with Crippen LogP contribution in [0.1, 0.15) is 46.5 Å². The number of carbonyl (C=O) groups is 3. The Bertz CT molecular complexity index is 1030. The van der Waals surface area contributed by atoms with Gasteiger partial charge >= 0.3 is 0 Å². The van der Waals surface area contributed by atoms with E-state index in [0.717, 1.165) is 24.2 Å². The largest absolute Gasteiger partial charge is 0.375 e. The van der Waals surface area contributed by atoms with Crippen molar-refractivity contribution in [1.29, 1.82) is 0 Å². The molecule has 0 radical (unpaired) electrons. The second-order valence-corrected chi connectivity index (χ2v) is 8.69. The lowest BCUT2D eigenvalue weighted by molar-refractivity contribution is -0.119. The molecule has 2 aromatic rings. The molecule has 8 nitrogen and oxygen atoms in total. The first-order chi connectivity index (χ1) is 16.9. The summed E-state index contributed by atoms with van der Waals surface area (Å²) >= 11 is 0. The number of hydrogen-bond donors (Lipinski definition) is 1. The van der Waals surface area contributed by atoms with E-state index in [-0.39, 0.29) is 24.3 Å². The number of methoxy groups -OCH3 is 1. The second-order valence-electron chi connectivity index (χ2n) is 8.69. The second kappa shape index (κ2) is 12.4. The molecule has 188 valence electrons. The lowest BCUT2D eigenvalue weighted by Gasteiger charge is -2.28. The molecule has 1 fully saturated rings. The van der Waals surface area contributed by atoms with Crippen molar-refractivity contribution in [3.05, 3.63) is 59.2 Å². The molecule has 0 unspecified atom stereocenters. The van der Waals surface area contributed by atoms with Crippen LogP contribution in [0.2, 0.25) is 0 Å². The lowest BCUT2D eigenvalue weighted by Crippen LogP contribution is -2.36. The molecule has 3 rings (SSSR count). The number of rotatable bonds is 8. The number of nitrogens with zero attached hydrogens (tertiary/aromatic N) is 3. The van der Waals surface area contributed by atoms with E-state index in [1.54, 1.807) is 11.0 Å². The molecule has 0 saturated carbocycles. The van der Waals surface area contributed by atoms with Crippen molar-refractivity contribution >= 4 is 29.1 Å². The molecule has 1 heterocycles. The third kappa shape index (κ3) is 6.60. The maximum atomic E-state index is 13.4. The minimum absolute atomic E-state index is 0.0301. The van der Waals surface area contributed by atoms with Gasteiger partial charge in [0.15, 0.2) is 0 Å². The fraction of sp³-hybridized carbons (Fsp3) is 0.444. The number of anilines is 2. The van der Waals surface area contributed by atoms with Crippen LogP contribution in [0.15, 0.2) is 42.5 Å². The molecule has 0 atom stereocenters. The Balaban J connectivity index is 1.83. The summed E-state index contributed by atoms with van der Waals surface area (Å²) in [5, 5.41) is 2.79. The Morgan fingerprint density at radius 2 is 1.69 bits per heavy atom. The maximum Gasteiger partial charge on any atom is 0.256 e. The van der Waals surface area contributed by atoms with E-state index in [9.17, 15) is 14.4 Å². The normalized spacial score (nSPS) is 13.8. The average molecular weight is 481 g/mol. The fourth-order valence-corrected chi connectivity index (χ4v) is 4.31. The molecule has 2 aromatic carbocycles. The van der Waals surface area contributed by atoms with Gasteiger partial charge in [-0.15, -0.1) is 0 Å². The Morgan fingerprint density at radius 3 is 2.34 bits per heavy atom. The summed E-state index contributed by atoms with van der Waals surface area (Å²) in [4.78, 5) is 44.3. The summed E-state index contributed by atoms with van der Waals surface area (Å²) in [7, 11) is 1.46. The number of benzene rings is 2. The third-order valence-corrected chi connectivity index (χ3v) is 6.26. The summed E-state index contributed by atoms with van der Waals surface area (Å²) in [5.41, 5.74) is 3.73. The fourth-order valence-electron chi connectivity index (χ4n) is 4.31. The van der Waals surface area contributed by atoms with E-state index in [4.69, 9.17) is 4.74 Å². The van der Waals surface area contributed by atoms with Crippen molar-refractivity contribution in [2.75, 3.05) is 63.2 Å². The van der Waals surface area contributed by atoms with E-state index in [2.05, 4.69) is 10.2 Å². The molecule has 0 spiro atoms. The monoisotopic (exact) mass is 480 g/mol. The summed E-state index contributed by atoms with van der Waals surface area (Å²) in [6, 6.07) is 13.1. The van der Waals surface area contributed by atoms with Gasteiger partial charge in [0.25, 0.3) is 11.8 Å². The molecular formula is C27H36N4O4. The van der Waals surface area contributed by atoms with Gasteiger partial charge in [0.05, 0.1) is 5.56 Å². The zero-order valence-electron chi connectivity index (χ0n) is 21.2. The molecule has 0 aliphatic carbocycles. The van der Waals surface area contributed by atoms with Crippen LogP contribution in [0.5, 0.6) is 0 Å². The zero-order chi connectivity index (χ0) is 25.4. The first kappa shape index (κ1) is 26.2. The Hall–Kier alpha value is -3.39. The molecule has 1 aliphatic rings. The SMILES string of the molecule is CCN(CC)C(=O)c1cc(NC(=O)COC)ccc1N1CCCN(C(=O)c2ccc(C)cc2)CC1. The molecule has 0 bridgehead atoms. The highest BCUT2D eigenvalue weighted by Crippen LogP contribution is 2.27. The van der Waals surface area contributed by atoms with Crippen LogP contribution in [0.4, 0.5) is 11.4 Å². The van der Waals surface area contributed by atoms with Crippen molar-refractivity contribution in [3.63, 3.8) is 0 Å². The Labute approximate surface area is 207 Å². The molecule has 1 aliphatic heterocycles. The minimum atomic E-state index is -0.276. The van der Waals surface area contributed by atoms with Gasteiger partial charge in [-0.1, -0.05) is 17.7 Å². The van der Waals surface area contributed by atoms with Crippen LogP contribution in [-0.4, -0.2) is 80.5 Å². The van der Waals surface area contributed by atoms with Gasteiger partial charge < -0.3 is 24.8 Å². The Kier molecular flexibility index (Phi) is 9.25. The first-order valence-electron chi connectivity index (χ1n) is 12.2. The van der Waals surface area contributed by atoms with E-state index >= 15 is 0 Å². The van der Waals surface area contributed by atoms with E-state index in [1.807, 2.05) is 62.1 Å². The van der Waals surface area contributed by atoms with Crippen LogP contribution >= 0.6 is 0 Å². The van der Waals surface area contributed by atoms with Crippen LogP contribution in [0.3, 0.4) is 0 Å². The maximum absolute atomic E-state index is 13.4. The molecule has 1 saturated heterocycles. The van der Waals surface area contributed by atoms with Gasteiger partial charge in [-0.3, -0.25) is 14.4 Å². The molecule has 35 heavy (non-hydrogen) atoms. The van der Waals surface area contributed by atoms with Crippen molar-refractivity contribution in [3.8, 4) is 0 Å². The van der Waals surface area contributed by atoms with Gasteiger partial charge in [-0.05, 0) is 57.5 Å². The average Bonchev–Trinajstić information content (AvgIpc) is 3.11. The smallest absolute Gasteiger partial charge is 0.256 e. The van der Waals surface area contributed by atoms with E-state index < -0.39 is 0 Å². The van der Waals surface area contributed by atoms with Crippen molar-refractivity contribution in [2.24, 2.45) is 0 Å². The third-order valence-electron chi connectivity index (χ3n) is 6.26. The molecular weight excluding hydrogens is 444 g/mol. The molecule has 1 N–H and O–H groups in total. The number of ether oxygens (including phenoxy) is 1. The number of carbonyl (C=O) groups excluding carboxylic acids is 3. The van der Waals surface area contributed by atoms with E-state index in [1.165, 1.54) is 7.11 Å². The van der Waals surface area contributed by atoms with Gasteiger partial charge in [0, 0.05) is 63.3 Å². The van der Waals surface area contributed by atoms with Crippen molar-refractivity contribution in [2.45, 2.75) is 27.2 Å². The van der Waals surface area contributed by atoms with Gasteiger partial charge in [-0.2, -0.15) is 0 Å². The van der Waals surface area contributed by atoms with Gasteiger partial charge in [0.1, 0.15) is 6.61 Å². The first-order valence-corrected chi connectivity index (χ1v) is 12.2. The summed E-state index contributed by atoms with van der Waals surface area (Å²) in [5.74, 6) is -0.325. The predicted octanol–water partition coefficient (Wildman–Crippen LogP) is 3.41. The summed E-state index contributed by atoms with van der Waals surface area (Å²) in [6.45, 7) is 9.60. The highest BCUT2D eigenvalue weighted by molar-refractivity contribution is 6.02. The standard InChI is InChI=1S/C27H36N4O4/c1-5-29(6-2)27(34)23-18-22(28-25(32)19-35-4)12-13-24(23)30-14-7-15-31(17-16-30)26(33)21-10-8-20(3)9-11-21/h8-13,18H,5-7,14-17,19H2,1-4H3,(H,28,32). The topological polar surface area (TPSA) is 82.2 Å².